The van der Waals surface area contributed by atoms with E-state index >= 15 is 0 Å². The molecule has 0 spiro atoms. The Bertz CT molecular complexity index is 653. The van der Waals surface area contributed by atoms with Gasteiger partial charge in [-0.25, -0.2) is 4.79 Å². The monoisotopic (exact) mass is 285 g/mol. The van der Waals surface area contributed by atoms with Gasteiger partial charge < -0.3 is 5.11 Å². The summed E-state index contributed by atoms with van der Waals surface area (Å²) >= 11 is 0. The third-order valence-electron chi connectivity index (χ3n) is 3.29. The molecule has 0 aliphatic heterocycles. The van der Waals surface area contributed by atoms with Crippen LogP contribution in [0.1, 0.15) is 27.9 Å². The molecule has 1 N–H and O–H groups in total. The maximum atomic E-state index is 11.2. The van der Waals surface area contributed by atoms with Crippen LogP contribution < -0.4 is 0 Å². The van der Waals surface area contributed by atoms with Crippen molar-refractivity contribution >= 4 is 11.7 Å². The van der Waals surface area contributed by atoms with Gasteiger partial charge in [0.15, 0.2) is 0 Å². The zero-order valence-corrected chi connectivity index (χ0v) is 11.4. The molecule has 0 aliphatic carbocycles. The first kappa shape index (κ1) is 14.7. The molecular weight excluding hydrogens is 270 g/mol. The molecule has 2 aromatic carbocycles. The second-order valence-electron chi connectivity index (χ2n) is 4.74. The van der Waals surface area contributed by atoms with Crippen LogP contribution in [0.15, 0.2) is 48.5 Å². The molecule has 5 nitrogen and oxygen atoms in total. The Morgan fingerprint density at radius 2 is 1.81 bits per heavy atom. The summed E-state index contributed by atoms with van der Waals surface area (Å²) in [5, 5.41) is 19.9. The number of hydrogen-bond acceptors (Lipinski definition) is 3. The lowest BCUT2D eigenvalue weighted by Crippen LogP contribution is -2.04. The van der Waals surface area contributed by atoms with Crippen molar-refractivity contribution in [3.63, 3.8) is 0 Å². The number of carbonyl (C=O) groups is 1. The van der Waals surface area contributed by atoms with Gasteiger partial charge in [-0.2, -0.15) is 0 Å². The predicted octanol–water partition coefficient (Wildman–Crippen LogP) is 3.47. The second kappa shape index (κ2) is 6.65. The first-order chi connectivity index (χ1) is 10.1. The summed E-state index contributed by atoms with van der Waals surface area (Å²) in [7, 11) is 0. The van der Waals surface area contributed by atoms with Gasteiger partial charge in [-0.05, 0) is 30.4 Å². The van der Waals surface area contributed by atoms with Crippen LogP contribution in [-0.4, -0.2) is 16.0 Å². The lowest BCUT2D eigenvalue weighted by molar-refractivity contribution is -0.384. The molecule has 0 unspecified atom stereocenters. The van der Waals surface area contributed by atoms with E-state index in [9.17, 15) is 14.9 Å². The van der Waals surface area contributed by atoms with E-state index in [1.807, 2.05) is 30.3 Å². The van der Waals surface area contributed by atoms with Crippen LogP contribution in [0.25, 0.3) is 0 Å². The predicted molar refractivity (Wildman–Crippen MR) is 78.5 cm³/mol. The van der Waals surface area contributed by atoms with E-state index < -0.39 is 10.9 Å². The molecule has 108 valence electrons. The molecule has 0 bridgehead atoms. The largest absolute Gasteiger partial charge is 0.478 e. The fraction of sp³-hybridized carbons (Fsp3) is 0.188. The molecule has 0 radical (unpaired) electrons. The zero-order chi connectivity index (χ0) is 15.2. The van der Waals surface area contributed by atoms with Crippen LogP contribution in [0.4, 0.5) is 5.69 Å². The highest BCUT2D eigenvalue weighted by atomic mass is 16.6. The van der Waals surface area contributed by atoms with Crippen molar-refractivity contribution < 1.29 is 14.8 Å². The number of rotatable bonds is 6. The number of nitro groups is 1. The smallest absolute Gasteiger partial charge is 0.336 e. The van der Waals surface area contributed by atoms with Crippen molar-refractivity contribution in [3.8, 4) is 0 Å². The summed E-state index contributed by atoms with van der Waals surface area (Å²) in [6.07, 6.45) is 2.22. The normalized spacial score (nSPS) is 10.3. The van der Waals surface area contributed by atoms with Crippen LogP contribution in [-0.2, 0) is 12.8 Å². The summed E-state index contributed by atoms with van der Waals surface area (Å²) in [5.74, 6) is -1.13. The first-order valence-electron chi connectivity index (χ1n) is 6.62. The Balaban J connectivity index is 2.09. The van der Waals surface area contributed by atoms with Gasteiger partial charge >= 0.3 is 5.97 Å². The van der Waals surface area contributed by atoms with E-state index in [-0.39, 0.29) is 11.3 Å². The lowest BCUT2D eigenvalue weighted by Gasteiger charge is -2.06. The molecule has 0 aliphatic rings. The van der Waals surface area contributed by atoms with Crippen LogP contribution >= 0.6 is 0 Å². The van der Waals surface area contributed by atoms with E-state index in [1.165, 1.54) is 17.7 Å². The van der Waals surface area contributed by atoms with Gasteiger partial charge in [-0.15, -0.1) is 0 Å². The summed E-state index contributed by atoms with van der Waals surface area (Å²) in [6.45, 7) is 0. The van der Waals surface area contributed by atoms with Crippen LogP contribution in [0.2, 0.25) is 0 Å². The number of aromatic carboxylic acids is 1. The van der Waals surface area contributed by atoms with E-state index in [1.54, 1.807) is 0 Å². The average Bonchev–Trinajstić information content (AvgIpc) is 2.48. The molecule has 0 fully saturated rings. The number of hydrogen-bond donors (Lipinski definition) is 1. The Hall–Kier alpha value is -2.69. The number of nitro benzene ring substituents is 1. The van der Waals surface area contributed by atoms with Crippen molar-refractivity contribution in [2.45, 2.75) is 19.3 Å². The van der Waals surface area contributed by atoms with Crippen LogP contribution in [0, 0.1) is 10.1 Å². The number of benzene rings is 2. The van der Waals surface area contributed by atoms with Gasteiger partial charge in [0.1, 0.15) is 0 Å². The SMILES string of the molecule is O=C(O)c1cc([N+](=O)[O-])ccc1CCCc1ccccc1. The zero-order valence-electron chi connectivity index (χ0n) is 11.4. The van der Waals surface area contributed by atoms with E-state index in [4.69, 9.17) is 5.11 Å². The number of non-ortho nitro benzene ring substituents is 1. The van der Waals surface area contributed by atoms with Crippen molar-refractivity contribution in [1.82, 2.24) is 0 Å². The number of carboxylic acids is 1. The minimum Gasteiger partial charge on any atom is -0.478 e. The van der Waals surface area contributed by atoms with Gasteiger partial charge in [-0.3, -0.25) is 10.1 Å². The van der Waals surface area contributed by atoms with Crippen molar-refractivity contribution in [2.75, 3.05) is 0 Å². The topological polar surface area (TPSA) is 80.4 Å². The Kier molecular flexibility index (Phi) is 4.66. The Morgan fingerprint density at radius 1 is 1.10 bits per heavy atom. The quantitative estimate of drug-likeness (QED) is 0.651. The highest BCUT2D eigenvalue weighted by molar-refractivity contribution is 5.90. The van der Waals surface area contributed by atoms with E-state index in [2.05, 4.69) is 0 Å². The minimum absolute atomic E-state index is 0.0114. The summed E-state index contributed by atoms with van der Waals surface area (Å²) in [6, 6.07) is 13.9. The molecule has 0 aromatic heterocycles. The molecule has 21 heavy (non-hydrogen) atoms. The number of aryl methyl sites for hydroxylation is 2. The molecular formula is C16H15NO4. The molecule has 2 rings (SSSR count). The fourth-order valence-corrected chi connectivity index (χ4v) is 2.22. The van der Waals surface area contributed by atoms with Gasteiger partial charge in [0, 0.05) is 12.1 Å². The molecule has 5 heteroatoms. The molecule has 0 saturated carbocycles. The molecule has 2 aromatic rings. The summed E-state index contributed by atoms with van der Waals surface area (Å²) in [4.78, 5) is 21.3. The molecule has 0 atom stereocenters. The van der Waals surface area contributed by atoms with E-state index in [0.29, 0.717) is 12.0 Å². The molecule has 0 amide bonds. The number of carboxylic acid groups (broad SMARTS) is 1. The molecule has 0 saturated heterocycles. The van der Waals surface area contributed by atoms with E-state index in [0.717, 1.165) is 18.9 Å². The fourth-order valence-electron chi connectivity index (χ4n) is 2.22. The highest BCUT2D eigenvalue weighted by Crippen LogP contribution is 2.20. The standard InChI is InChI=1S/C16H15NO4/c18-16(19)15-11-14(17(20)21)10-9-13(15)8-4-7-12-5-2-1-3-6-12/h1-3,5-6,9-11H,4,7-8H2,(H,18,19). The van der Waals surface area contributed by atoms with Crippen LogP contribution in [0.5, 0.6) is 0 Å². The van der Waals surface area contributed by atoms with Crippen molar-refractivity contribution in [3.05, 3.63) is 75.3 Å². The first-order valence-corrected chi connectivity index (χ1v) is 6.62. The summed E-state index contributed by atoms with van der Waals surface area (Å²) in [5.41, 5.74) is 1.64. The Labute approximate surface area is 122 Å². The minimum atomic E-state index is -1.13. The Morgan fingerprint density at radius 3 is 2.43 bits per heavy atom. The number of nitrogens with zero attached hydrogens (tertiary/aromatic N) is 1. The summed E-state index contributed by atoms with van der Waals surface area (Å²) < 4.78 is 0. The van der Waals surface area contributed by atoms with Gasteiger partial charge in [0.05, 0.1) is 10.5 Å². The molecule has 0 heterocycles. The van der Waals surface area contributed by atoms with Crippen molar-refractivity contribution in [2.24, 2.45) is 0 Å². The second-order valence-corrected chi connectivity index (χ2v) is 4.74. The third-order valence-corrected chi connectivity index (χ3v) is 3.29. The van der Waals surface area contributed by atoms with Gasteiger partial charge in [-0.1, -0.05) is 36.4 Å². The maximum absolute atomic E-state index is 11.2. The van der Waals surface area contributed by atoms with Gasteiger partial charge in [0.25, 0.3) is 5.69 Å². The maximum Gasteiger partial charge on any atom is 0.336 e. The van der Waals surface area contributed by atoms with Gasteiger partial charge in [0.2, 0.25) is 0 Å². The lowest BCUT2D eigenvalue weighted by atomic mass is 9.99. The van der Waals surface area contributed by atoms with Crippen molar-refractivity contribution in [1.29, 1.82) is 0 Å². The third kappa shape index (κ3) is 3.89. The van der Waals surface area contributed by atoms with Crippen LogP contribution in [0.3, 0.4) is 0 Å². The highest BCUT2D eigenvalue weighted by Gasteiger charge is 2.15. The average molecular weight is 285 g/mol.